The Morgan fingerprint density at radius 1 is 1.30 bits per heavy atom. The van der Waals surface area contributed by atoms with Crippen molar-refractivity contribution in [3.8, 4) is 5.69 Å². The van der Waals surface area contributed by atoms with Crippen molar-refractivity contribution < 1.29 is 9.53 Å². The summed E-state index contributed by atoms with van der Waals surface area (Å²) in [7, 11) is 0. The average molecular weight is 270 g/mol. The van der Waals surface area contributed by atoms with Crippen molar-refractivity contribution in [3.05, 3.63) is 54.4 Å². The molecule has 1 aromatic carbocycles. The first kappa shape index (κ1) is 12.9. The molecule has 1 amide bonds. The molecule has 0 aliphatic carbocycles. The van der Waals surface area contributed by atoms with Gasteiger partial charge in [0.05, 0.1) is 13.2 Å². The maximum absolute atomic E-state index is 12.2. The molecule has 0 radical (unpaired) electrons. The molecule has 1 fully saturated rings. The van der Waals surface area contributed by atoms with Crippen LogP contribution in [0.25, 0.3) is 5.69 Å². The van der Waals surface area contributed by atoms with E-state index in [4.69, 9.17) is 4.74 Å². The number of hydrogen-bond acceptors (Lipinski definition) is 2. The van der Waals surface area contributed by atoms with Crippen molar-refractivity contribution in [1.82, 2.24) is 9.88 Å². The fourth-order valence-corrected chi connectivity index (χ4v) is 2.26. The van der Waals surface area contributed by atoms with Crippen LogP contribution in [0.3, 0.4) is 0 Å². The van der Waals surface area contributed by atoms with Crippen LogP contribution in [0.5, 0.6) is 0 Å². The van der Waals surface area contributed by atoms with Crippen LogP contribution in [-0.2, 0) is 4.74 Å². The lowest BCUT2D eigenvalue weighted by atomic mass is 9.88. The molecule has 4 nitrogen and oxygen atoms in total. The number of ether oxygens (including phenoxy) is 1. The quantitative estimate of drug-likeness (QED) is 0.926. The maximum Gasteiger partial charge on any atom is 0.251 e. The number of nitrogens with zero attached hydrogens (tertiary/aromatic N) is 1. The molecule has 0 bridgehead atoms. The minimum Gasteiger partial charge on any atom is -0.380 e. The largest absolute Gasteiger partial charge is 0.380 e. The summed E-state index contributed by atoms with van der Waals surface area (Å²) in [5.74, 6) is -0.0351. The number of amides is 1. The normalized spacial score (nSPS) is 16.4. The lowest BCUT2D eigenvalue weighted by molar-refractivity contribution is -0.0978. The highest BCUT2D eigenvalue weighted by Crippen LogP contribution is 2.25. The predicted octanol–water partition coefficient (Wildman–Crippen LogP) is 2.24. The molecule has 2 aromatic rings. The van der Waals surface area contributed by atoms with E-state index < -0.39 is 0 Å². The lowest BCUT2D eigenvalue weighted by Crippen LogP contribution is -2.48. The average Bonchev–Trinajstić information content (AvgIpc) is 2.97. The van der Waals surface area contributed by atoms with Crippen LogP contribution in [0.1, 0.15) is 17.3 Å². The van der Waals surface area contributed by atoms with Crippen molar-refractivity contribution >= 4 is 5.91 Å². The van der Waals surface area contributed by atoms with Gasteiger partial charge in [0.2, 0.25) is 0 Å². The van der Waals surface area contributed by atoms with E-state index in [1.807, 2.05) is 53.4 Å². The zero-order valence-electron chi connectivity index (χ0n) is 11.5. The molecule has 104 valence electrons. The monoisotopic (exact) mass is 270 g/mol. The molecule has 0 spiro atoms. The molecule has 1 saturated heterocycles. The van der Waals surface area contributed by atoms with E-state index in [0.717, 1.165) is 18.9 Å². The number of nitrogens with one attached hydrogen (secondary N) is 1. The van der Waals surface area contributed by atoms with Gasteiger partial charge in [-0.05, 0) is 30.3 Å². The Hall–Kier alpha value is -2.07. The molecule has 0 atom stereocenters. The van der Waals surface area contributed by atoms with Crippen LogP contribution in [0.15, 0.2) is 48.8 Å². The summed E-state index contributed by atoms with van der Waals surface area (Å²) < 4.78 is 7.17. The third kappa shape index (κ3) is 2.60. The summed E-state index contributed by atoms with van der Waals surface area (Å²) in [5.41, 5.74) is 1.76. The molecule has 1 N–H and O–H groups in total. The first-order valence-electron chi connectivity index (χ1n) is 6.76. The van der Waals surface area contributed by atoms with Gasteiger partial charge < -0.3 is 14.6 Å². The minimum absolute atomic E-state index is 0.0351. The Kier molecular flexibility index (Phi) is 3.32. The van der Waals surface area contributed by atoms with Crippen LogP contribution < -0.4 is 5.32 Å². The van der Waals surface area contributed by atoms with Gasteiger partial charge in [-0.15, -0.1) is 0 Å². The van der Waals surface area contributed by atoms with Crippen LogP contribution in [0, 0.1) is 5.41 Å². The van der Waals surface area contributed by atoms with Gasteiger partial charge in [0.25, 0.3) is 5.91 Å². The number of benzene rings is 1. The van der Waals surface area contributed by atoms with E-state index in [2.05, 4.69) is 12.2 Å². The van der Waals surface area contributed by atoms with Gasteiger partial charge >= 0.3 is 0 Å². The zero-order chi connectivity index (χ0) is 14.0. The molecule has 1 aliphatic heterocycles. The SMILES string of the molecule is CC1(CNC(=O)c2cccc(-n3cccc3)c2)COC1. The second kappa shape index (κ2) is 5.13. The maximum atomic E-state index is 12.2. The topological polar surface area (TPSA) is 43.3 Å². The first-order chi connectivity index (χ1) is 9.66. The Bertz CT molecular complexity index is 601. The highest BCUT2D eigenvalue weighted by atomic mass is 16.5. The number of hydrogen-bond donors (Lipinski definition) is 1. The summed E-state index contributed by atoms with van der Waals surface area (Å²) in [6.07, 6.45) is 3.92. The molecule has 1 aliphatic rings. The van der Waals surface area contributed by atoms with E-state index in [0.29, 0.717) is 12.1 Å². The van der Waals surface area contributed by atoms with Gasteiger partial charge in [-0.1, -0.05) is 13.0 Å². The van der Waals surface area contributed by atoms with Gasteiger partial charge in [0.1, 0.15) is 0 Å². The van der Waals surface area contributed by atoms with Gasteiger partial charge in [0, 0.05) is 35.6 Å². The predicted molar refractivity (Wildman–Crippen MR) is 77.0 cm³/mol. The Morgan fingerprint density at radius 2 is 2.05 bits per heavy atom. The third-order valence-electron chi connectivity index (χ3n) is 3.59. The van der Waals surface area contributed by atoms with E-state index in [9.17, 15) is 4.79 Å². The van der Waals surface area contributed by atoms with Crippen LogP contribution >= 0.6 is 0 Å². The minimum atomic E-state index is -0.0351. The number of aromatic nitrogens is 1. The molecule has 20 heavy (non-hydrogen) atoms. The lowest BCUT2D eigenvalue weighted by Gasteiger charge is -2.38. The Morgan fingerprint density at radius 3 is 2.70 bits per heavy atom. The van der Waals surface area contributed by atoms with Crippen LogP contribution in [0.2, 0.25) is 0 Å². The number of carbonyl (C=O) groups is 1. The van der Waals surface area contributed by atoms with Crippen molar-refractivity contribution in [1.29, 1.82) is 0 Å². The van der Waals surface area contributed by atoms with Gasteiger partial charge in [-0.3, -0.25) is 4.79 Å². The molecule has 3 rings (SSSR count). The van der Waals surface area contributed by atoms with Gasteiger partial charge in [-0.25, -0.2) is 0 Å². The van der Waals surface area contributed by atoms with Crippen molar-refractivity contribution in [2.75, 3.05) is 19.8 Å². The molecule has 4 heteroatoms. The Balaban J connectivity index is 1.70. The summed E-state index contributed by atoms with van der Waals surface area (Å²) in [6, 6.07) is 11.5. The summed E-state index contributed by atoms with van der Waals surface area (Å²) >= 11 is 0. The highest BCUT2D eigenvalue weighted by Gasteiger charge is 2.33. The molecule has 2 heterocycles. The van der Waals surface area contributed by atoms with Crippen LogP contribution in [-0.4, -0.2) is 30.2 Å². The van der Waals surface area contributed by atoms with E-state index in [1.54, 1.807) is 0 Å². The van der Waals surface area contributed by atoms with Gasteiger partial charge in [0.15, 0.2) is 0 Å². The fraction of sp³-hybridized carbons (Fsp3) is 0.312. The first-order valence-corrected chi connectivity index (χ1v) is 6.76. The van der Waals surface area contributed by atoms with Crippen molar-refractivity contribution in [2.45, 2.75) is 6.92 Å². The zero-order valence-corrected chi connectivity index (χ0v) is 11.5. The number of carbonyl (C=O) groups excluding carboxylic acids is 1. The molecule has 0 unspecified atom stereocenters. The second-order valence-corrected chi connectivity index (χ2v) is 5.63. The molecular formula is C16H18N2O2. The third-order valence-corrected chi connectivity index (χ3v) is 3.59. The van der Waals surface area contributed by atoms with Crippen molar-refractivity contribution in [2.24, 2.45) is 5.41 Å². The van der Waals surface area contributed by atoms with Crippen molar-refractivity contribution in [3.63, 3.8) is 0 Å². The number of rotatable bonds is 4. The van der Waals surface area contributed by atoms with Crippen LogP contribution in [0.4, 0.5) is 0 Å². The molecule has 0 saturated carbocycles. The highest BCUT2D eigenvalue weighted by molar-refractivity contribution is 5.94. The Labute approximate surface area is 118 Å². The van der Waals surface area contributed by atoms with Gasteiger partial charge in [-0.2, -0.15) is 0 Å². The van der Waals surface area contributed by atoms with E-state index in [-0.39, 0.29) is 11.3 Å². The summed E-state index contributed by atoms with van der Waals surface area (Å²) in [4.78, 5) is 12.2. The molecular weight excluding hydrogens is 252 g/mol. The van der Waals surface area contributed by atoms with E-state index in [1.165, 1.54) is 0 Å². The summed E-state index contributed by atoms with van der Waals surface area (Å²) in [6.45, 7) is 4.21. The summed E-state index contributed by atoms with van der Waals surface area (Å²) in [5, 5.41) is 2.99. The fourth-order valence-electron chi connectivity index (χ4n) is 2.26. The molecule has 1 aromatic heterocycles. The standard InChI is InChI=1S/C16H18N2O2/c1-16(11-20-12-16)10-17-15(19)13-5-4-6-14(9-13)18-7-2-3-8-18/h2-9H,10-12H2,1H3,(H,17,19). The second-order valence-electron chi connectivity index (χ2n) is 5.63. The van der Waals surface area contributed by atoms with E-state index >= 15 is 0 Å². The smallest absolute Gasteiger partial charge is 0.251 e.